The lowest BCUT2D eigenvalue weighted by atomic mass is 9.90. The zero-order chi connectivity index (χ0) is 22.2. The fraction of sp³-hybridized carbons (Fsp3) is 0.556. The van der Waals surface area contributed by atoms with Crippen molar-refractivity contribution in [3.8, 4) is 0 Å². The Labute approximate surface area is 191 Å². The number of benzene rings is 1. The number of aryl methyl sites for hydroxylation is 1. The highest BCUT2D eigenvalue weighted by molar-refractivity contribution is 5.76. The lowest BCUT2D eigenvalue weighted by Crippen LogP contribution is -2.47. The minimum Gasteiger partial charge on any atom is -0.338 e. The second kappa shape index (κ2) is 11.6. The summed E-state index contributed by atoms with van der Waals surface area (Å²) < 4.78 is 14.0. The van der Waals surface area contributed by atoms with E-state index < -0.39 is 0 Å². The molecule has 1 aromatic heterocycles. The van der Waals surface area contributed by atoms with E-state index in [0.29, 0.717) is 30.9 Å². The number of hydrogen-bond donors (Lipinski definition) is 0. The maximum absolute atomic E-state index is 14.0. The quantitative estimate of drug-likeness (QED) is 0.568. The second-order valence-electron chi connectivity index (χ2n) is 9.52. The van der Waals surface area contributed by atoms with E-state index in [1.54, 1.807) is 18.3 Å². The zero-order valence-corrected chi connectivity index (χ0v) is 19.1. The second-order valence-corrected chi connectivity index (χ2v) is 9.52. The van der Waals surface area contributed by atoms with Gasteiger partial charge in [0, 0.05) is 44.5 Å². The highest BCUT2D eigenvalue weighted by Crippen LogP contribution is 2.28. The molecule has 1 saturated heterocycles. The van der Waals surface area contributed by atoms with Gasteiger partial charge in [-0.2, -0.15) is 0 Å². The van der Waals surface area contributed by atoms with Crippen LogP contribution in [0.4, 0.5) is 4.39 Å². The lowest BCUT2D eigenvalue weighted by molar-refractivity contribution is -0.132. The average molecular weight is 438 g/mol. The van der Waals surface area contributed by atoms with Crippen LogP contribution in [0.3, 0.4) is 0 Å². The zero-order valence-electron chi connectivity index (χ0n) is 19.1. The Balaban J connectivity index is 1.40. The Morgan fingerprint density at radius 1 is 1.06 bits per heavy atom. The molecule has 1 atom stereocenters. The molecule has 2 aliphatic rings. The molecule has 4 nitrogen and oxygen atoms in total. The van der Waals surface area contributed by atoms with E-state index in [1.807, 2.05) is 29.3 Å². The number of likely N-dealkylation sites (tertiary alicyclic amines) is 1. The first-order valence-electron chi connectivity index (χ1n) is 12.3. The largest absolute Gasteiger partial charge is 0.338 e. The maximum atomic E-state index is 14.0. The van der Waals surface area contributed by atoms with Crippen molar-refractivity contribution in [2.75, 3.05) is 19.6 Å². The van der Waals surface area contributed by atoms with Gasteiger partial charge in [-0.3, -0.25) is 9.78 Å². The van der Waals surface area contributed by atoms with Crippen molar-refractivity contribution in [1.29, 1.82) is 0 Å². The van der Waals surface area contributed by atoms with E-state index in [2.05, 4.69) is 9.88 Å². The smallest absolute Gasteiger partial charge is 0.223 e. The topological polar surface area (TPSA) is 36.4 Å². The van der Waals surface area contributed by atoms with Crippen LogP contribution in [0.5, 0.6) is 0 Å². The molecular formula is C27H36FN3O. The summed E-state index contributed by atoms with van der Waals surface area (Å²) in [7, 11) is 0. The van der Waals surface area contributed by atoms with E-state index >= 15 is 0 Å². The fourth-order valence-electron chi connectivity index (χ4n) is 5.40. The van der Waals surface area contributed by atoms with Gasteiger partial charge in [0.25, 0.3) is 0 Å². The Bertz CT molecular complexity index is 853. The van der Waals surface area contributed by atoms with Gasteiger partial charge in [-0.25, -0.2) is 4.39 Å². The summed E-state index contributed by atoms with van der Waals surface area (Å²) in [5.41, 5.74) is 1.66. The fourth-order valence-corrected chi connectivity index (χ4v) is 5.40. The summed E-state index contributed by atoms with van der Waals surface area (Å²) >= 11 is 0. The normalized spacial score (nSPS) is 20.2. The summed E-state index contributed by atoms with van der Waals surface area (Å²) in [5.74, 6) is 0.376. The summed E-state index contributed by atoms with van der Waals surface area (Å²) in [4.78, 5) is 22.2. The van der Waals surface area contributed by atoms with Crippen molar-refractivity contribution in [3.63, 3.8) is 0 Å². The summed E-state index contributed by atoms with van der Waals surface area (Å²) in [6.45, 7) is 3.64. The summed E-state index contributed by atoms with van der Waals surface area (Å²) in [6.07, 6.45) is 13.5. The molecule has 1 aromatic carbocycles. The van der Waals surface area contributed by atoms with Crippen LogP contribution in [0, 0.1) is 11.7 Å². The summed E-state index contributed by atoms with van der Waals surface area (Å²) in [5, 5.41) is 0. The number of carbonyl (C=O) groups excluding carboxylic acids is 1. The molecule has 2 heterocycles. The molecule has 2 fully saturated rings. The molecule has 172 valence electrons. The van der Waals surface area contributed by atoms with Gasteiger partial charge in [0.05, 0.1) is 0 Å². The van der Waals surface area contributed by atoms with Gasteiger partial charge in [-0.05, 0) is 67.8 Å². The molecular weight excluding hydrogens is 401 g/mol. The Morgan fingerprint density at radius 2 is 1.91 bits per heavy atom. The molecule has 4 rings (SSSR count). The van der Waals surface area contributed by atoms with E-state index in [4.69, 9.17) is 0 Å². The van der Waals surface area contributed by atoms with Crippen LogP contribution < -0.4 is 0 Å². The number of pyridine rings is 1. The van der Waals surface area contributed by atoms with Gasteiger partial charge < -0.3 is 9.80 Å². The van der Waals surface area contributed by atoms with Crippen LogP contribution in [-0.4, -0.2) is 46.4 Å². The van der Waals surface area contributed by atoms with Gasteiger partial charge >= 0.3 is 0 Å². The third kappa shape index (κ3) is 6.38. The third-order valence-corrected chi connectivity index (χ3v) is 7.14. The van der Waals surface area contributed by atoms with Gasteiger partial charge in [0.1, 0.15) is 5.82 Å². The maximum Gasteiger partial charge on any atom is 0.223 e. The van der Waals surface area contributed by atoms with Crippen LogP contribution in [0.25, 0.3) is 0 Å². The lowest BCUT2D eigenvalue weighted by Gasteiger charge is -2.41. The van der Waals surface area contributed by atoms with E-state index in [9.17, 15) is 9.18 Å². The Hall–Kier alpha value is -2.27. The number of nitrogens with zero attached hydrogens (tertiary/aromatic N) is 3. The first-order chi connectivity index (χ1) is 15.7. The average Bonchev–Trinajstić information content (AvgIpc) is 2.84. The minimum absolute atomic E-state index is 0.104. The predicted octanol–water partition coefficient (Wildman–Crippen LogP) is 5.23. The van der Waals surface area contributed by atoms with E-state index in [-0.39, 0.29) is 11.7 Å². The molecule has 0 spiro atoms. The molecule has 0 unspecified atom stereocenters. The summed E-state index contributed by atoms with van der Waals surface area (Å²) in [6, 6.07) is 11.4. The molecule has 1 aliphatic heterocycles. The molecule has 32 heavy (non-hydrogen) atoms. The van der Waals surface area contributed by atoms with Crippen LogP contribution in [0.1, 0.15) is 62.5 Å². The molecule has 5 heteroatoms. The highest BCUT2D eigenvalue weighted by atomic mass is 19.1. The van der Waals surface area contributed by atoms with Crippen molar-refractivity contribution >= 4 is 5.91 Å². The number of aromatic nitrogens is 1. The third-order valence-electron chi connectivity index (χ3n) is 7.14. The van der Waals surface area contributed by atoms with E-state index in [1.165, 1.54) is 57.6 Å². The number of piperidine rings is 1. The molecule has 0 bridgehead atoms. The number of rotatable bonds is 8. The van der Waals surface area contributed by atoms with Gasteiger partial charge in [-0.15, -0.1) is 0 Å². The first-order valence-corrected chi connectivity index (χ1v) is 12.3. The molecule has 0 radical (unpaired) electrons. The van der Waals surface area contributed by atoms with Gasteiger partial charge in [0.2, 0.25) is 5.91 Å². The van der Waals surface area contributed by atoms with Gasteiger partial charge in [-0.1, -0.05) is 43.5 Å². The van der Waals surface area contributed by atoms with Crippen LogP contribution in [-0.2, 0) is 17.8 Å². The Morgan fingerprint density at radius 3 is 2.69 bits per heavy atom. The van der Waals surface area contributed by atoms with Crippen molar-refractivity contribution in [2.24, 2.45) is 5.92 Å². The van der Waals surface area contributed by atoms with Crippen LogP contribution >= 0.6 is 0 Å². The number of amides is 1. The highest BCUT2D eigenvalue weighted by Gasteiger charge is 2.29. The van der Waals surface area contributed by atoms with Crippen LogP contribution in [0.15, 0.2) is 48.8 Å². The van der Waals surface area contributed by atoms with Crippen molar-refractivity contribution < 1.29 is 9.18 Å². The minimum atomic E-state index is -0.227. The van der Waals surface area contributed by atoms with Crippen molar-refractivity contribution in [3.05, 3.63) is 65.7 Å². The monoisotopic (exact) mass is 437 g/mol. The Kier molecular flexibility index (Phi) is 8.27. The first kappa shape index (κ1) is 22.9. The number of halogens is 1. The molecule has 2 aromatic rings. The van der Waals surface area contributed by atoms with Crippen molar-refractivity contribution in [2.45, 2.75) is 70.4 Å². The van der Waals surface area contributed by atoms with Gasteiger partial charge in [0.15, 0.2) is 0 Å². The van der Waals surface area contributed by atoms with Crippen molar-refractivity contribution in [1.82, 2.24) is 14.8 Å². The molecule has 1 saturated carbocycles. The number of hydrogen-bond acceptors (Lipinski definition) is 3. The number of carbonyl (C=O) groups is 1. The molecule has 0 N–H and O–H groups in total. The predicted molar refractivity (Wildman–Crippen MR) is 126 cm³/mol. The standard InChI is InChI=1S/C27H36FN3O/c28-26-13-5-4-10-24(26)14-15-27(32)31(19-22-8-6-16-29-18-22)21-23-9-7-17-30(20-23)25-11-2-1-3-12-25/h4-6,8,10,13,16,18,23,25H,1-3,7,9,11-12,14-15,17,19-21H2/t23-/m1/s1. The van der Waals surface area contributed by atoms with E-state index in [0.717, 1.165) is 24.7 Å². The molecule has 1 amide bonds. The molecule has 1 aliphatic carbocycles. The van der Waals surface area contributed by atoms with Crippen LogP contribution in [0.2, 0.25) is 0 Å². The SMILES string of the molecule is O=C(CCc1ccccc1F)N(Cc1cccnc1)C[C@@H]1CCCN(C2CCCCC2)C1.